The van der Waals surface area contributed by atoms with Crippen molar-refractivity contribution < 1.29 is 9.18 Å². The summed E-state index contributed by atoms with van der Waals surface area (Å²) < 4.78 is 13.3. The van der Waals surface area contributed by atoms with E-state index < -0.39 is 12.1 Å². The predicted molar refractivity (Wildman–Crippen MR) is 83.9 cm³/mol. The van der Waals surface area contributed by atoms with E-state index in [9.17, 15) is 9.18 Å². The van der Waals surface area contributed by atoms with Crippen LogP contribution in [0.25, 0.3) is 0 Å². The summed E-state index contributed by atoms with van der Waals surface area (Å²) in [6.45, 7) is 9.31. The largest absolute Gasteiger partial charge is 0.335 e. The van der Waals surface area contributed by atoms with E-state index in [1.807, 2.05) is 0 Å². The number of carbonyl (C=O) groups excluding carboxylic acids is 1. The molecule has 2 aliphatic rings. The normalized spacial score (nSPS) is 26.8. The van der Waals surface area contributed by atoms with Crippen LogP contribution in [0.3, 0.4) is 0 Å². The molecule has 1 heterocycles. The van der Waals surface area contributed by atoms with Gasteiger partial charge in [0, 0.05) is 18.6 Å². The zero-order valence-electron chi connectivity index (χ0n) is 14.0. The van der Waals surface area contributed by atoms with Gasteiger partial charge in [-0.25, -0.2) is 4.39 Å². The van der Waals surface area contributed by atoms with Crippen LogP contribution < -0.4 is 5.32 Å². The van der Waals surface area contributed by atoms with Gasteiger partial charge in [0.2, 0.25) is 5.91 Å². The van der Waals surface area contributed by atoms with E-state index in [0.29, 0.717) is 11.5 Å². The van der Waals surface area contributed by atoms with Gasteiger partial charge in [0.15, 0.2) is 0 Å². The molecule has 122 valence electrons. The summed E-state index contributed by atoms with van der Waals surface area (Å²) >= 11 is 0. The molecule has 21 heavy (non-hydrogen) atoms. The maximum absolute atomic E-state index is 13.3. The Bertz CT molecular complexity index is 365. The Hall–Kier alpha value is -0.640. The van der Waals surface area contributed by atoms with Crippen molar-refractivity contribution in [3.63, 3.8) is 0 Å². The maximum Gasteiger partial charge on any atom is 0.231 e. The minimum absolute atomic E-state index is 0.00315. The highest BCUT2D eigenvalue weighted by molar-refractivity contribution is 5.82. The average molecular weight is 298 g/mol. The standard InChI is InChI=1S/C17H31FN2O/c1-16(2)8-5-13(6-9-16)20(14-7-10-19-11-14)15(21)17(3,4)12-18/h13-14,19H,5-12H2,1-4H3/t14-/m0/s1. The molecule has 0 radical (unpaired) electrons. The smallest absolute Gasteiger partial charge is 0.231 e. The van der Waals surface area contributed by atoms with Gasteiger partial charge in [0.1, 0.15) is 6.67 Å². The molecule has 1 saturated heterocycles. The van der Waals surface area contributed by atoms with Crippen molar-refractivity contribution >= 4 is 5.91 Å². The second-order valence-corrected chi connectivity index (χ2v) is 8.27. The first-order valence-electron chi connectivity index (χ1n) is 8.36. The van der Waals surface area contributed by atoms with E-state index >= 15 is 0 Å². The van der Waals surface area contributed by atoms with Crippen LogP contribution in [-0.4, -0.2) is 42.7 Å². The Balaban J connectivity index is 2.15. The van der Waals surface area contributed by atoms with Crippen LogP contribution in [-0.2, 0) is 4.79 Å². The number of nitrogens with one attached hydrogen (secondary N) is 1. The molecule has 2 fully saturated rings. The van der Waals surface area contributed by atoms with Crippen LogP contribution in [0.1, 0.15) is 59.8 Å². The van der Waals surface area contributed by atoms with Crippen molar-refractivity contribution in [2.24, 2.45) is 10.8 Å². The van der Waals surface area contributed by atoms with Gasteiger partial charge in [-0.05, 0) is 57.9 Å². The molecule has 0 aromatic heterocycles. The zero-order chi connectivity index (χ0) is 15.7. The van der Waals surface area contributed by atoms with Crippen LogP contribution in [0, 0.1) is 10.8 Å². The lowest BCUT2D eigenvalue weighted by molar-refractivity contribution is -0.147. The number of halogens is 1. The van der Waals surface area contributed by atoms with Crippen LogP contribution in [0.5, 0.6) is 0 Å². The molecule has 0 aromatic rings. The van der Waals surface area contributed by atoms with Gasteiger partial charge >= 0.3 is 0 Å². The summed E-state index contributed by atoms with van der Waals surface area (Å²) in [6, 6.07) is 0.538. The van der Waals surface area contributed by atoms with E-state index in [1.54, 1.807) is 13.8 Å². The molecular weight excluding hydrogens is 267 g/mol. The van der Waals surface area contributed by atoms with Crippen LogP contribution in [0.15, 0.2) is 0 Å². The van der Waals surface area contributed by atoms with E-state index in [4.69, 9.17) is 0 Å². The van der Waals surface area contributed by atoms with Crippen LogP contribution in [0.2, 0.25) is 0 Å². The van der Waals surface area contributed by atoms with Gasteiger partial charge in [0.05, 0.1) is 5.41 Å². The van der Waals surface area contributed by atoms with Crippen molar-refractivity contribution in [2.75, 3.05) is 19.8 Å². The van der Waals surface area contributed by atoms with Crippen molar-refractivity contribution in [2.45, 2.75) is 71.9 Å². The second-order valence-electron chi connectivity index (χ2n) is 8.27. The quantitative estimate of drug-likeness (QED) is 0.865. The van der Waals surface area contributed by atoms with Gasteiger partial charge in [0.25, 0.3) is 0 Å². The average Bonchev–Trinajstić information content (AvgIpc) is 2.94. The summed E-state index contributed by atoms with van der Waals surface area (Å²) in [5, 5.41) is 3.34. The summed E-state index contributed by atoms with van der Waals surface area (Å²) in [5.41, 5.74) is -0.510. The van der Waals surface area contributed by atoms with Crippen LogP contribution in [0.4, 0.5) is 4.39 Å². The summed E-state index contributed by atoms with van der Waals surface area (Å²) in [7, 11) is 0. The number of rotatable bonds is 4. The number of nitrogens with zero attached hydrogens (tertiary/aromatic N) is 1. The van der Waals surface area contributed by atoms with Crippen LogP contribution >= 0.6 is 0 Å². The van der Waals surface area contributed by atoms with Crippen molar-refractivity contribution in [1.29, 1.82) is 0 Å². The fourth-order valence-electron chi connectivity index (χ4n) is 3.58. The number of hydrogen-bond acceptors (Lipinski definition) is 2. The fraction of sp³-hybridized carbons (Fsp3) is 0.941. The van der Waals surface area contributed by atoms with Gasteiger partial charge in [-0.3, -0.25) is 4.79 Å². The molecule has 0 unspecified atom stereocenters. The van der Waals surface area contributed by atoms with E-state index in [-0.39, 0.29) is 11.9 Å². The number of amides is 1. The zero-order valence-corrected chi connectivity index (χ0v) is 14.0. The Labute approximate surface area is 128 Å². The molecule has 0 bridgehead atoms. The molecule has 0 aromatic carbocycles. The molecule has 1 aliphatic heterocycles. The number of carbonyl (C=O) groups is 1. The summed E-state index contributed by atoms with van der Waals surface area (Å²) in [5.74, 6) is 0.00315. The minimum atomic E-state index is -0.893. The molecule has 1 N–H and O–H groups in total. The topological polar surface area (TPSA) is 32.3 Å². The Kier molecular flexibility index (Phi) is 4.96. The molecule has 1 atom stereocenters. The number of hydrogen-bond donors (Lipinski definition) is 1. The lowest BCUT2D eigenvalue weighted by atomic mass is 9.74. The van der Waals surface area contributed by atoms with Gasteiger partial charge in [-0.15, -0.1) is 0 Å². The maximum atomic E-state index is 13.3. The SMILES string of the molecule is CC1(C)CCC(N(C(=O)C(C)(C)CF)[C@H]2CCNC2)CC1. The highest BCUT2D eigenvalue weighted by Gasteiger charge is 2.41. The molecule has 2 rings (SSSR count). The first-order valence-corrected chi connectivity index (χ1v) is 8.36. The molecule has 3 nitrogen and oxygen atoms in total. The third-order valence-electron chi connectivity index (χ3n) is 5.28. The van der Waals surface area contributed by atoms with Crippen molar-refractivity contribution in [3.8, 4) is 0 Å². The molecule has 1 saturated carbocycles. The van der Waals surface area contributed by atoms with E-state index in [2.05, 4.69) is 24.1 Å². The van der Waals surface area contributed by atoms with Crippen molar-refractivity contribution in [3.05, 3.63) is 0 Å². The highest BCUT2D eigenvalue weighted by atomic mass is 19.1. The van der Waals surface area contributed by atoms with E-state index in [0.717, 1.165) is 45.2 Å². The molecule has 4 heteroatoms. The van der Waals surface area contributed by atoms with Gasteiger partial charge in [-0.2, -0.15) is 0 Å². The fourth-order valence-corrected chi connectivity index (χ4v) is 3.58. The third kappa shape index (κ3) is 3.77. The third-order valence-corrected chi connectivity index (χ3v) is 5.28. The van der Waals surface area contributed by atoms with Gasteiger partial charge < -0.3 is 10.2 Å². The first-order chi connectivity index (χ1) is 9.77. The molecule has 1 aliphatic carbocycles. The Morgan fingerprint density at radius 1 is 1.24 bits per heavy atom. The monoisotopic (exact) mass is 298 g/mol. The molecule has 0 spiro atoms. The molecule has 1 amide bonds. The number of alkyl halides is 1. The summed E-state index contributed by atoms with van der Waals surface area (Å²) in [4.78, 5) is 15.0. The first kappa shape index (κ1) is 16.7. The lowest BCUT2D eigenvalue weighted by Crippen LogP contribution is -2.54. The molecular formula is C17H31FN2O. The minimum Gasteiger partial charge on any atom is -0.335 e. The van der Waals surface area contributed by atoms with Crippen molar-refractivity contribution in [1.82, 2.24) is 10.2 Å². The second kappa shape index (κ2) is 6.23. The van der Waals surface area contributed by atoms with Gasteiger partial charge in [-0.1, -0.05) is 13.8 Å². The Morgan fingerprint density at radius 3 is 2.33 bits per heavy atom. The summed E-state index contributed by atoms with van der Waals surface area (Å²) in [6.07, 6.45) is 5.40. The Morgan fingerprint density at radius 2 is 1.86 bits per heavy atom. The lowest BCUT2D eigenvalue weighted by Gasteiger charge is -2.45. The predicted octanol–water partition coefficient (Wildman–Crippen LogP) is 3.14. The van der Waals surface area contributed by atoms with E-state index in [1.165, 1.54) is 0 Å². The highest BCUT2D eigenvalue weighted by Crippen LogP contribution is 2.39.